The van der Waals surface area contributed by atoms with Crippen LogP contribution in [0.25, 0.3) is 0 Å². The van der Waals surface area contributed by atoms with Crippen LogP contribution < -0.4 is 29.6 Å². The van der Waals surface area contributed by atoms with Gasteiger partial charge in [0.05, 0.1) is 6.61 Å². The van der Waals surface area contributed by atoms with Crippen LogP contribution in [-0.4, -0.2) is 12.6 Å². The van der Waals surface area contributed by atoms with Crippen molar-refractivity contribution in [1.29, 1.82) is 0 Å². The molecule has 0 aliphatic carbocycles. The van der Waals surface area contributed by atoms with Crippen molar-refractivity contribution in [2.24, 2.45) is 0 Å². The molecule has 0 N–H and O–H groups in total. The zero-order valence-electron chi connectivity index (χ0n) is 13.1. The molecule has 0 aromatic carbocycles. The Balaban J connectivity index is -0.00000112. The fourth-order valence-corrected chi connectivity index (χ4v) is 1.81. The van der Waals surface area contributed by atoms with Gasteiger partial charge < -0.3 is 6.16 Å². The van der Waals surface area contributed by atoms with Gasteiger partial charge in [-0.15, -0.1) is 0 Å². The number of carbonyl (C=O) groups excluding carboxylic acids is 1. The Morgan fingerprint density at radius 1 is 0.882 bits per heavy atom. The predicted molar refractivity (Wildman–Crippen MR) is 69.6 cm³/mol. The van der Waals surface area contributed by atoms with E-state index in [-0.39, 0.29) is 37.0 Å². The molecule has 0 rings (SSSR count). The smallest absolute Gasteiger partial charge is 1.00 e. The molecule has 0 fully saturated rings. The van der Waals surface area contributed by atoms with E-state index in [0.29, 0.717) is 6.61 Å². The Kier molecular flexibility index (Phi) is 19.2. The van der Waals surface area contributed by atoms with Gasteiger partial charge in [-0.1, -0.05) is 64.7 Å². The van der Waals surface area contributed by atoms with E-state index in [0.717, 1.165) is 6.42 Å². The standard InChI is InChI=1S/C14H28O2.Na.H/c1-3-4-5-6-7-8-9-10-11-12-13-16-14(2)15;;/h3-13H2,1-2H3;;/q;+1;-1. The first kappa shape index (κ1) is 19.8. The molecule has 2 nitrogen and oxygen atoms in total. The minimum atomic E-state index is -0.157. The zero-order chi connectivity index (χ0) is 12.1. The molecule has 98 valence electrons. The van der Waals surface area contributed by atoms with E-state index in [1.54, 1.807) is 0 Å². The topological polar surface area (TPSA) is 26.3 Å². The third-order valence-electron chi connectivity index (χ3n) is 2.80. The molecule has 17 heavy (non-hydrogen) atoms. The van der Waals surface area contributed by atoms with Gasteiger partial charge in [0.25, 0.3) is 0 Å². The average Bonchev–Trinajstić information content (AvgIpc) is 2.25. The minimum Gasteiger partial charge on any atom is -1.00 e. The van der Waals surface area contributed by atoms with Gasteiger partial charge in [-0.25, -0.2) is 0 Å². The molecule has 0 heterocycles. The minimum absolute atomic E-state index is 0. The van der Waals surface area contributed by atoms with E-state index in [1.165, 1.54) is 64.7 Å². The fourth-order valence-electron chi connectivity index (χ4n) is 1.81. The van der Waals surface area contributed by atoms with E-state index in [9.17, 15) is 4.79 Å². The van der Waals surface area contributed by atoms with Crippen molar-refractivity contribution < 1.29 is 40.5 Å². The molecule has 0 saturated heterocycles. The molecule has 0 atom stereocenters. The fraction of sp³-hybridized carbons (Fsp3) is 0.929. The normalized spacial score (nSPS) is 9.76. The van der Waals surface area contributed by atoms with Gasteiger partial charge in [0.1, 0.15) is 0 Å². The van der Waals surface area contributed by atoms with Crippen molar-refractivity contribution in [1.82, 2.24) is 0 Å². The van der Waals surface area contributed by atoms with Gasteiger partial charge in [0, 0.05) is 6.92 Å². The van der Waals surface area contributed by atoms with Gasteiger partial charge >= 0.3 is 35.5 Å². The van der Waals surface area contributed by atoms with Crippen molar-refractivity contribution in [3.8, 4) is 0 Å². The van der Waals surface area contributed by atoms with Gasteiger partial charge in [-0.2, -0.15) is 0 Å². The number of esters is 1. The monoisotopic (exact) mass is 252 g/mol. The Labute approximate surface area is 131 Å². The van der Waals surface area contributed by atoms with Crippen LogP contribution in [0.1, 0.15) is 79.5 Å². The van der Waals surface area contributed by atoms with E-state index in [1.807, 2.05) is 0 Å². The number of rotatable bonds is 11. The summed E-state index contributed by atoms with van der Waals surface area (Å²) in [4.78, 5) is 10.5. The number of carbonyl (C=O) groups is 1. The molecule has 0 spiro atoms. The molecule has 0 radical (unpaired) electrons. The zero-order valence-corrected chi connectivity index (χ0v) is 14.1. The summed E-state index contributed by atoms with van der Waals surface area (Å²) in [5, 5.41) is 0. The van der Waals surface area contributed by atoms with Crippen molar-refractivity contribution in [3.05, 3.63) is 0 Å². The number of hydrogen-bond donors (Lipinski definition) is 0. The molecule has 0 aromatic rings. The maximum Gasteiger partial charge on any atom is 1.00 e. The second-order valence-corrected chi connectivity index (χ2v) is 4.52. The summed E-state index contributed by atoms with van der Waals surface area (Å²) in [6, 6.07) is 0. The summed E-state index contributed by atoms with van der Waals surface area (Å²) >= 11 is 0. The first-order valence-corrected chi connectivity index (χ1v) is 6.90. The molecular weight excluding hydrogens is 223 g/mol. The van der Waals surface area contributed by atoms with Gasteiger partial charge in [-0.3, -0.25) is 4.79 Å². The second kappa shape index (κ2) is 16.5. The molecule has 3 heteroatoms. The number of hydrogen-bond acceptors (Lipinski definition) is 2. The van der Waals surface area contributed by atoms with Crippen molar-refractivity contribution >= 4 is 5.97 Å². The molecule has 0 saturated carbocycles. The molecule has 0 bridgehead atoms. The molecule has 0 aliphatic heterocycles. The molecule has 0 amide bonds. The quantitative estimate of drug-likeness (QED) is 0.317. The van der Waals surface area contributed by atoms with E-state index in [2.05, 4.69) is 6.92 Å². The van der Waals surface area contributed by atoms with E-state index >= 15 is 0 Å². The Morgan fingerprint density at radius 2 is 1.29 bits per heavy atom. The Morgan fingerprint density at radius 3 is 1.71 bits per heavy atom. The maximum atomic E-state index is 10.5. The first-order chi connectivity index (χ1) is 7.77. The third-order valence-corrected chi connectivity index (χ3v) is 2.80. The van der Waals surface area contributed by atoms with Crippen LogP contribution in [0.3, 0.4) is 0 Å². The summed E-state index contributed by atoms with van der Waals surface area (Å²) in [7, 11) is 0. The van der Waals surface area contributed by atoms with Crippen molar-refractivity contribution in [2.75, 3.05) is 6.61 Å². The van der Waals surface area contributed by atoms with Gasteiger partial charge in [-0.05, 0) is 6.42 Å². The van der Waals surface area contributed by atoms with Crippen molar-refractivity contribution in [3.63, 3.8) is 0 Å². The van der Waals surface area contributed by atoms with Gasteiger partial charge in [0.2, 0.25) is 0 Å². The summed E-state index contributed by atoms with van der Waals surface area (Å²) in [6.45, 7) is 4.32. The number of unbranched alkanes of at least 4 members (excludes halogenated alkanes) is 9. The van der Waals surface area contributed by atoms with Crippen LogP contribution in [0.2, 0.25) is 0 Å². The summed E-state index contributed by atoms with van der Waals surface area (Å²) in [6.07, 6.45) is 13.1. The SMILES string of the molecule is CCCCCCCCCCCCOC(C)=O.[H-].[Na+]. The van der Waals surface area contributed by atoms with Crippen molar-refractivity contribution in [2.45, 2.75) is 78.1 Å². The van der Waals surface area contributed by atoms with E-state index in [4.69, 9.17) is 4.74 Å². The van der Waals surface area contributed by atoms with Crippen LogP contribution in [0.4, 0.5) is 0 Å². The first-order valence-electron chi connectivity index (χ1n) is 6.90. The molecule has 0 aliphatic rings. The van der Waals surface area contributed by atoms with E-state index < -0.39 is 0 Å². The van der Waals surface area contributed by atoms with Crippen LogP contribution in [-0.2, 0) is 9.53 Å². The van der Waals surface area contributed by atoms with Crippen LogP contribution in [0.5, 0.6) is 0 Å². The predicted octanol–water partition coefficient (Wildman–Crippen LogP) is 1.59. The Hall–Kier alpha value is 0.470. The van der Waals surface area contributed by atoms with Crippen LogP contribution in [0, 0.1) is 0 Å². The molecular formula is C14H29NaO2. The average molecular weight is 252 g/mol. The van der Waals surface area contributed by atoms with Crippen LogP contribution in [0.15, 0.2) is 0 Å². The summed E-state index contributed by atoms with van der Waals surface area (Å²) in [5.74, 6) is -0.157. The molecule has 0 unspecified atom stereocenters. The Bertz CT molecular complexity index is 166. The third kappa shape index (κ3) is 19.0. The summed E-state index contributed by atoms with van der Waals surface area (Å²) in [5.41, 5.74) is 0. The maximum absolute atomic E-state index is 10.5. The van der Waals surface area contributed by atoms with Crippen LogP contribution >= 0.6 is 0 Å². The second-order valence-electron chi connectivity index (χ2n) is 4.52. The molecule has 0 aromatic heterocycles. The summed E-state index contributed by atoms with van der Waals surface area (Å²) < 4.78 is 4.87. The largest absolute Gasteiger partial charge is 1.00 e. The van der Waals surface area contributed by atoms with Gasteiger partial charge in [0.15, 0.2) is 0 Å². The number of ether oxygens (including phenoxy) is 1.